The average molecular weight is 405 g/mol. The van der Waals surface area contributed by atoms with E-state index in [1.165, 1.54) is 47.7 Å². The standard InChI is InChI=1S/C19H11F4N3OS/c20-13-4-6-14(7-5-13)24-17(27)15-16(26-8-9-28-18(26)25-15)11-2-1-3-12(10-11)19(21,22)23/h1-10H,(H,24,27). The summed E-state index contributed by atoms with van der Waals surface area (Å²) in [6.45, 7) is 0. The molecule has 28 heavy (non-hydrogen) atoms. The van der Waals surface area contributed by atoms with E-state index in [1.807, 2.05) is 0 Å². The molecule has 0 saturated carbocycles. The Bertz CT molecular complexity index is 1160. The van der Waals surface area contributed by atoms with Crippen LogP contribution in [0.25, 0.3) is 16.2 Å². The average Bonchev–Trinajstić information content (AvgIpc) is 3.24. The van der Waals surface area contributed by atoms with Gasteiger partial charge in [0, 0.05) is 22.8 Å². The maximum absolute atomic E-state index is 13.1. The zero-order chi connectivity index (χ0) is 19.9. The van der Waals surface area contributed by atoms with Crippen molar-refractivity contribution >= 4 is 27.9 Å². The fraction of sp³-hybridized carbons (Fsp3) is 0.0526. The zero-order valence-corrected chi connectivity index (χ0v) is 14.8. The summed E-state index contributed by atoms with van der Waals surface area (Å²) >= 11 is 1.25. The van der Waals surface area contributed by atoms with Gasteiger partial charge in [0.05, 0.1) is 11.3 Å². The first-order valence-electron chi connectivity index (χ1n) is 8.03. The Morgan fingerprint density at radius 1 is 1.11 bits per heavy atom. The van der Waals surface area contributed by atoms with Crippen LogP contribution in [0.4, 0.5) is 23.2 Å². The van der Waals surface area contributed by atoms with Gasteiger partial charge in [-0.05, 0) is 36.4 Å². The second-order valence-corrected chi connectivity index (χ2v) is 6.78. The van der Waals surface area contributed by atoms with Gasteiger partial charge in [-0.25, -0.2) is 9.37 Å². The Morgan fingerprint density at radius 2 is 1.86 bits per heavy atom. The summed E-state index contributed by atoms with van der Waals surface area (Å²) in [6.07, 6.45) is -2.87. The molecular weight excluding hydrogens is 394 g/mol. The Morgan fingerprint density at radius 3 is 2.57 bits per heavy atom. The van der Waals surface area contributed by atoms with Crippen LogP contribution < -0.4 is 5.32 Å². The van der Waals surface area contributed by atoms with Gasteiger partial charge in [0.15, 0.2) is 10.7 Å². The van der Waals surface area contributed by atoms with Gasteiger partial charge < -0.3 is 5.32 Å². The van der Waals surface area contributed by atoms with Crippen molar-refractivity contribution in [3.63, 3.8) is 0 Å². The molecule has 9 heteroatoms. The quantitative estimate of drug-likeness (QED) is 0.459. The van der Waals surface area contributed by atoms with Crippen LogP contribution in [0, 0.1) is 5.82 Å². The van der Waals surface area contributed by atoms with E-state index in [9.17, 15) is 22.4 Å². The number of amides is 1. The van der Waals surface area contributed by atoms with E-state index in [1.54, 1.807) is 16.0 Å². The SMILES string of the molecule is O=C(Nc1ccc(F)cc1)c1nc2sccn2c1-c1cccc(C(F)(F)F)c1. The number of rotatable bonds is 3. The summed E-state index contributed by atoms with van der Waals surface area (Å²) < 4.78 is 54.0. The topological polar surface area (TPSA) is 46.4 Å². The van der Waals surface area contributed by atoms with E-state index in [4.69, 9.17) is 0 Å². The summed E-state index contributed by atoms with van der Waals surface area (Å²) in [4.78, 5) is 17.5. The zero-order valence-electron chi connectivity index (χ0n) is 14.0. The van der Waals surface area contributed by atoms with Crippen molar-refractivity contribution in [2.75, 3.05) is 5.32 Å². The van der Waals surface area contributed by atoms with Gasteiger partial charge in [0.25, 0.3) is 5.91 Å². The number of carbonyl (C=O) groups excluding carboxylic acids is 1. The summed E-state index contributed by atoms with van der Waals surface area (Å²) in [5.41, 5.74) is -0.0275. The van der Waals surface area contributed by atoms with E-state index in [0.29, 0.717) is 10.6 Å². The molecule has 2 aromatic carbocycles. The van der Waals surface area contributed by atoms with Crippen molar-refractivity contribution < 1.29 is 22.4 Å². The van der Waals surface area contributed by atoms with Gasteiger partial charge in [0.2, 0.25) is 0 Å². The monoisotopic (exact) mass is 405 g/mol. The molecule has 0 saturated heterocycles. The number of nitrogens with one attached hydrogen (secondary N) is 1. The van der Waals surface area contributed by atoms with Crippen molar-refractivity contribution in [1.82, 2.24) is 9.38 Å². The molecule has 0 radical (unpaired) electrons. The predicted molar refractivity (Wildman–Crippen MR) is 97.9 cm³/mol. The molecule has 2 aromatic heterocycles. The molecule has 1 amide bonds. The lowest BCUT2D eigenvalue weighted by molar-refractivity contribution is -0.137. The van der Waals surface area contributed by atoms with Gasteiger partial charge in [-0.15, -0.1) is 11.3 Å². The highest BCUT2D eigenvalue weighted by molar-refractivity contribution is 7.15. The molecule has 0 aliphatic heterocycles. The van der Waals surface area contributed by atoms with E-state index in [-0.39, 0.29) is 17.0 Å². The Balaban J connectivity index is 1.79. The highest BCUT2D eigenvalue weighted by atomic mass is 32.1. The molecule has 0 aliphatic carbocycles. The van der Waals surface area contributed by atoms with Crippen molar-refractivity contribution in [2.24, 2.45) is 0 Å². The van der Waals surface area contributed by atoms with Crippen LogP contribution in [0.15, 0.2) is 60.1 Å². The Labute approximate surface area is 160 Å². The summed E-state index contributed by atoms with van der Waals surface area (Å²) in [6, 6.07) is 9.87. The normalized spacial score (nSPS) is 11.7. The van der Waals surface area contributed by atoms with E-state index in [2.05, 4.69) is 10.3 Å². The molecule has 1 N–H and O–H groups in total. The maximum Gasteiger partial charge on any atom is 0.416 e. The second kappa shape index (κ2) is 6.75. The van der Waals surface area contributed by atoms with Crippen LogP contribution in [-0.2, 0) is 6.18 Å². The number of aromatic nitrogens is 2. The lowest BCUT2D eigenvalue weighted by Crippen LogP contribution is -2.14. The first kappa shape index (κ1) is 18.2. The number of hydrogen-bond acceptors (Lipinski definition) is 3. The number of imidazole rings is 1. The lowest BCUT2D eigenvalue weighted by atomic mass is 10.1. The third-order valence-corrected chi connectivity index (χ3v) is 4.80. The third-order valence-electron chi connectivity index (χ3n) is 4.04. The molecule has 142 valence electrons. The Hall–Kier alpha value is -3.20. The molecule has 2 heterocycles. The number of halogens is 4. The number of anilines is 1. The van der Waals surface area contributed by atoms with Crippen LogP contribution >= 0.6 is 11.3 Å². The number of fused-ring (bicyclic) bond motifs is 1. The van der Waals surface area contributed by atoms with Gasteiger partial charge in [-0.3, -0.25) is 9.20 Å². The molecule has 4 nitrogen and oxygen atoms in total. The maximum atomic E-state index is 13.1. The van der Waals surface area contributed by atoms with Crippen molar-refractivity contribution in [1.29, 1.82) is 0 Å². The fourth-order valence-corrected chi connectivity index (χ4v) is 3.50. The molecule has 4 aromatic rings. The second-order valence-electron chi connectivity index (χ2n) is 5.90. The minimum Gasteiger partial charge on any atom is -0.321 e. The minimum atomic E-state index is -4.51. The largest absolute Gasteiger partial charge is 0.416 e. The molecular formula is C19H11F4N3OS. The number of hydrogen-bond donors (Lipinski definition) is 1. The summed E-state index contributed by atoms with van der Waals surface area (Å²) in [7, 11) is 0. The minimum absolute atomic E-state index is 0.0181. The van der Waals surface area contributed by atoms with Crippen molar-refractivity contribution in [2.45, 2.75) is 6.18 Å². The molecule has 0 bridgehead atoms. The van der Waals surface area contributed by atoms with Crippen LogP contribution in [-0.4, -0.2) is 15.3 Å². The number of benzene rings is 2. The number of alkyl halides is 3. The van der Waals surface area contributed by atoms with E-state index in [0.717, 1.165) is 12.1 Å². The molecule has 0 fully saturated rings. The van der Waals surface area contributed by atoms with Crippen molar-refractivity contribution in [3.8, 4) is 11.3 Å². The third kappa shape index (κ3) is 3.36. The van der Waals surface area contributed by atoms with Gasteiger partial charge in [-0.2, -0.15) is 13.2 Å². The lowest BCUT2D eigenvalue weighted by Gasteiger charge is -2.10. The van der Waals surface area contributed by atoms with Gasteiger partial charge in [-0.1, -0.05) is 12.1 Å². The van der Waals surface area contributed by atoms with Gasteiger partial charge >= 0.3 is 6.18 Å². The smallest absolute Gasteiger partial charge is 0.321 e. The molecule has 0 aliphatic rings. The van der Waals surface area contributed by atoms with E-state index >= 15 is 0 Å². The summed E-state index contributed by atoms with van der Waals surface area (Å²) in [5.74, 6) is -1.06. The molecule has 0 unspecified atom stereocenters. The number of nitrogens with zero attached hydrogens (tertiary/aromatic N) is 2. The van der Waals surface area contributed by atoms with Crippen molar-refractivity contribution in [3.05, 3.63) is 77.2 Å². The highest BCUT2D eigenvalue weighted by Gasteiger charge is 2.31. The fourth-order valence-electron chi connectivity index (χ4n) is 2.79. The highest BCUT2D eigenvalue weighted by Crippen LogP contribution is 2.34. The summed E-state index contributed by atoms with van der Waals surface area (Å²) in [5, 5.41) is 4.32. The molecule has 0 spiro atoms. The van der Waals surface area contributed by atoms with Crippen LogP contribution in [0.3, 0.4) is 0 Å². The predicted octanol–water partition coefficient (Wildman–Crippen LogP) is 5.47. The van der Waals surface area contributed by atoms with Crippen LogP contribution in [0.2, 0.25) is 0 Å². The van der Waals surface area contributed by atoms with Gasteiger partial charge in [0.1, 0.15) is 5.82 Å². The van der Waals surface area contributed by atoms with Crippen LogP contribution in [0.1, 0.15) is 16.1 Å². The van der Waals surface area contributed by atoms with Crippen LogP contribution in [0.5, 0.6) is 0 Å². The Kier molecular flexibility index (Phi) is 4.38. The van der Waals surface area contributed by atoms with E-state index < -0.39 is 23.5 Å². The first-order valence-corrected chi connectivity index (χ1v) is 8.91. The number of carbonyl (C=O) groups is 1. The first-order chi connectivity index (χ1) is 13.3. The number of thiazole rings is 1. The molecule has 0 atom stereocenters. The molecule has 4 rings (SSSR count).